The van der Waals surface area contributed by atoms with Crippen LogP contribution in [0.25, 0.3) is 0 Å². The molecule has 0 spiro atoms. The molecule has 48 heavy (non-hydrogen) atoms. The molecular formula is C46H48N2. The van der Waals surface area contributed by atoms with Gasteiger partial charge in [0, 0.05) is 34.1 Å². The van der Waals surface area contributed by atoms with Crippen molar-refractivity contribution in [2.75, 3.05) is 9.80 Å². The van der Waals surface area contributed by atoms with Crippen molar-refractivity contribution in [3.8, 4) is 0 Å². The van der Waals surface area contributed by atoms with Gasteiger partial charge in [-0.3, -0.25) is 0 Å². The zero-order valence-corrected chi connectivity index (χ0v) is 29.0. The Hall–Kier alpha value is -5.08. The molecule has 0 fully saturated rings. The van der Waals surface area contributed by atoms with Crippen LogP contribution in [0, 0.1) is 27.7 Å². The summed E-state index contributed by atoms with van der Waals surface area (Å²) in [5.74, 6) is 0. The summed E-state index contributed by atoms with van der Waals surface area (Å²) in [7, 11) is 0. The molecule has 0 radical (unpaired) electrons. The highest BCUT2D eigenvalue weighted by molar-refractivity contribution is 5.78. The number of hydrogen-bond donors (Lipinski definition) is 0. The zero-order chi connectivity index (χ0) is 33.3. The molecule has 2 nitrogen and oxygen atoms in total. The molecule has 242 valence electrons. The van der Waals surface area contributed by atoms with Crippen LogP contribution >= 0.6 is 0 Å². The highest BCUT2D eigenvalue weighted by Gasteiger charge is 2.14. The van der Waals surface area contributed by atoms with E-state index >= 15 is 0 Å². The summed E-state index contributed by atoms with van der Waals surface area (Å²) in [6, 6.07) is 53.5. The number of unbranched alkanes of at least 4 members (excludes halogenated alkanes) is 3. The lowest BCUT2D eigenvalue weighted by Crippen LogP contribution is -2.10. The van der Waals surface area contributed by atoms with Crippen LogP contribution in [0.2, 0.25) is 0 Å². The molecule has 0 saturated heterocycles. The van der Waals surface area contributed by atoms with E-state index in [-0.39, 0.29) is 0 Å². The van der Waals surface area contributed by atoms with Crippen LogP contribution in [-0.2, 0) is 12.8 Å². The summed E-state index contributed by atoms with van der Waals surface area (Å²) in [5, 5.41) is 0. The van der Waals surface area contributed by atoms with E-state index in [4.69, 9.17) is 0 Å². The highest BCUT2D eigenvalue weighted by Crippen LogP contribution is 2.36. The maximum atomic E-state index is 2.34. The fourth-order valence-corrected chi connectivity index (χ4v) is 6.30. The van der Waals surface area contributed by atoms with Crippen LogP contribution in [0.1, 0.15) is 59.1 Å². The van der Waals surface area contributed by atoms with Gasteiger partial charge in [0.05, 0.1) is 0 Å². The van der Waals surface area contributed by atoms with Crippen molar-refractivity contribution >= 4 is 34.1 Å². The molecule has 0 aliphatic rings. The molecule has 0 unspecified atom stereocenters. The largest absolute Gasteiger partial charge is 0.311 e. The van der Waals surface area contributed by atoms with Gasteiger partial charge < -0.3 is 9.80 Å². The second kappa shape index (κ2) is 15.7. The van der Waals surface area contributed by atoms with Crippen molar-refractivity contribution in [2.45, 2.75) is 66.2 Å². The summed E-state index contributed by atoms with van der Waals surface area (Å²) >= 11 is 0. The second-order valence-corrected chi connectivity index (χ2v) is 13.3. The maximum Gasteiger partial charge on any atom is 0.0461 e. The standard InChI is InChI=1S/C46H48N2/c1-35-11-23-41(24-12-35)47(42-25-13-36(2)14-26-42)45-31-19-39(20-32-45)9-7-5-6-8-10-40-21-33-46(34-22-40)48(43-27-15-37(3)16-28-43)44-29-17-38(4)18-30-44/h11-34H,5-10H2,1-4H3. The van der Waals surface area contributed by atoms with E-state index in [1.54, 1.807) is 0 Å². The zero-order valence-electron chi connectivity index (χ0n) is 29.0. The number of hydrogen-bond acceptors (Lipinski definition) is 2. The average Bonchev–Trinajstić information content (AvgIpc) is 3.11. The minimum absolute atomic E-state index is 1.12. The molecule has 0 bridgehead atoms. The third-order valence-corrected chi connectivity index (χ3v) is 9.24. The van der Waals surface area contributed by atoms with Gasteiger partial charge in [-0.1, -0.05) is 108 Å². The normalized spacial score (nSPS) is 11.0. The van der Waals surface area contributed by atoms with Gasteiger partial charge in [-0.25, -0.2) is 0 Å². The van der Waals surface area contributed by atoms with Crippen LogP contribution in [-0.4, -0.2) is 0 Å². The van der Waals surface area contributed by atoms with Gasteiger partial charge in [-0.2, -0.15) is 0 Å². The van der Waals surface area contributed by atoms with E-state index in [1.165, 1.54) is 93.2 Å². The Morgan fingerprint density at radius 2 is 0.479 bits per heavy atom. The molecule has 2 heteroatoms. The predicted octanol–water partition coefficient (Wildman–Crippen LogP) is 13.2. The number of anilines is 6. The van der Waals surface area contributed by atoms with Gasteiger partial charge in [0.1, 0.15) is 0 Å². The minimum atomic E-state index is 1.12. The van der Waals surface area contributed by atoms with Crippen LogP contribution in [0.5, 0.6) is 0 Å². The molecule has 0 atom stereocenters. The monoisotopic (exact) mass is 628 g/mol. The fourth-order valence-electron chi connectivity index (χ4n) is 6.30. The van der Waals surface area contributed by atoms with Crippen molar-refractivity contribution in [1.82, 2.24) is 0 Å². The van der Waals surface area contributed by atoms with Crippen molar-refractivity contribution < 1.29 is 0 Å². The molecule has 0 amide bonds. The average molecular weight is 629 g/mol. The lowest BCUT2D eigenvalue weighted by molar-refractivity contribution is 0.640. The first-order valence-electron chi connectivity index (χ1n) is 17.5. The van der Waals surface area contributed by atoms with Crippen molar-refractivity contribution in [2.24, 2.45) is 0 Å². The van der Waals surface area contributed by atoms with Crippen molar-refractivity contribution in [3.63, 3.8) is 0 Å². The summed E-state index contributed by atoms with van der Waals surface area (Å²) in [6.45, 7) is 8.55. The molecule has 6 rings (SSSR count). The molecule has 0 aliphatic heterocycles. The fraction of sp³-hybridized carbons (Fsp3) is 0.217. The van der Waals surface area contributed by atoms with Crippen LogP contribution in [0.3, 0.4) is 0 Å². The summed E-state index contributed by atoms with van der Waals surface area (Å²) < 4.78 is 0. The van der Waals surface area contributed by atoms with Crippen LogP contribution in [0.15, 0.2) is 146 Å². The number of nitrogens with zero attached hydrogens (tertiary/aromatic N) is 2. The summed E-state index contributed by atoms with van der Waals surface area (Å²) in [5.41, 5.74) is 15.0. The molecule has 6 aromatic carbocycles. The van der Waals surface area contributed by atoms with Crippen LogP contribution in [0.4, 0.5) is 34.1 Å². The Bertz CT molecular complexity index is 1620. The Balaban J connectivity index is 1.01. The maximum absolute atomic E-state index is 2.34. The lowest BCUT2D eigenvalue weighted by Gasteiger charge is -2.26. The topological polar surface area (TPSA) is 6.48 Å². The van der Waals surface area contributed by atoms with E-state index in [0.29, 0.717) is 0 Å². The Labute approximate surface area is 288 Å². The Morgan fingerprint density at radius 3 is 0.708 bits per heavy atom. The minimum Gasteiger partial charge on any atom is -0.311 e. The molecule has 0 heterocycles. The van der Waals surface area contributed by atoms with Crippen LogP contribution < -0.4 is 9.80 Å². The lowest BCUT2D eigenvalue weighted by atomic mass is 10.0. The quantitative estimate of drug-likeness (QED) is 0.117. The Kier molecular flexibility index (Phi) is 10.7. The summed E-state index contributed by atoms with van der Waals surface area (Å²) in [6.07, 6.45) is 7.20. The van der Waals surface area contributed by atoms with Gasteiger partial charge in [-0.15, -0.1) is 0 Å². The molecule has 0 aromatic heterocycles. The Morgan fingerprint density at radius 1 is 0.271 bits per heavy atom. The van der Waals surface area contributed by atoms with Gasteiger partial charge >= 0.3 is 0 Å². The van der Waals surface area contributed by atoms with E-state index in [2.05, 4.69) is 183 Å². The van der Waals surface area contributed by atoms with Gasteiger partial charge in [-0.05, 0) is 137 Å². The molecule has 0 aliphatic carbocycles. The number of benzene rings is 6. The highest BCUT2D eigenvalue weighted by atomic mass is 15.1. The van der Waals surface area contributed by atoms with Gasteiger partial charge in [0.15, 0.2) is 0 Å². The second-order valence-electron chi connectivity index (χ2n) is 13.3. The molecule has 0 saturated carbocycles. The SMILES string of the molecule is Cc1ccc(N(c2ccc(C)cc2)c2ccc(CCCCCCc3ccc(N(c4ccc(C)cc4)c4ccc(C)cc4)cc3)cc2)cc1. The first kappa shape index (κ1) is 32.8. The van der Waals surface area contributed by atoms with E-state index < -0.39 is 0 Å². The number of rotatable bonds is 13. The molecule has 0 N–H and O–H groups in total. The number of aryl methyl sites for hydroxylation is 6. The predicted molar refractivity (Wildman–Crippen MR) is 207 cm³/mol. The van der Waals surface area contributed by atoms with E-state index in [0.717, 1.165) is 12.8 Å². The van der Waals surface area contributed by atoms with E-state index in [9.17, 15) is 0 Å². The summed E-state index contributed by atoms with van der Waals surface area (Å²) in [4.78, 5) is 4.69. The molecular weight excluding hydrogens is 581 g/mol. The third kappa shape index (κ3) is 8.44. The smallest absolute Gasteiger partial charge is 0.0461 e. The third-order valence-electron chi connectivity index (χ3n) is 9.24. The van der Waals surface area contributed by atoms with Crippen molar-refractivity contribution in [1.29, 1.82) is 0 Å². The van der Waals surface area contributed by atoms with Gasteiger partial charge in [0.2, 0.25) is 0 Å². The van der Waals surface area contributed by atoms with E-state index in [1.807, 2.05) is 0 Å². The first-order valence-corrected chi connectivity index (χ1v) is 17.5. The van der Waals surface area contributed by atoms with Gasteiger partial charge in [0.25, 0.3) is 0 Å². The first-order chi connectivity index (χ1) is 23.4. The molecule has 6 aromatic rings. The van der Waals surface area contributed by atoms with Crippen molar-refractivity contribution in [3.05, 3.63) is 179 Å².